The molecule has 7 heteroatoms. The van der Waals surface area contributed by atoms with Gasteiger partial charge in [-0.3, -0.25) is 19.3 Å². The second-order valence-electron chi connectivity index (χ2n) is 5.89. The predicted molar refractivity (Wildman–Crippen MR) is 94.4 cm³/mol. The first-order chi connectivity index (χ1) is 11.9. The third kappa shape index (κ3) is 3.88. The van der Waals surface area contributed by atoms with Crippen LogP contribution < -0.4 is 5.32 Å². The quantitative estimate of drug-likeness (QED) is 0.721. The molecule has 0 saturated heterocycles. The minimum atomic E-state index is -0.344. The SMILES string of the molecule is CCCN1C(=O)C(c2ccc(NC(C)=O)cc2)=C(N(C)CCO)C1=O. The van der Waals surface area contributed by atoms with Gasteiger partial charge in [-0.2, -0.15) is 0 Å². The standard InChI is InChI=1S/C18H23N3O4/c1-4-9-21-17(24)15(16(18(21)25)20(3)10-11-22)13-5-7-14(8-6-13)19-12(2)23/h5-8,22H,4,9-11H2,1-3H3,(H,19,23). The highest BCUT2D eigenvalue weighted by molar-refractivity contribution is 6.35. The molecule has 3 amide bonds. The van der Waals surface area contributed by atoms with E-state index < -0.39 is 0 Å². The van der Waals surface area contributed by atoms with E-state index in [0.29, 0.717) is 35.5 Å². The van der Waals surface area contributed by atoms with Crippen molar-refractivity contribution >= 4 is 29.0 Å². The first kappa shape index (κ1) is 18.7. The fourth-order valence-corrected chi connectivity index (χ4v) is 2.79. The lowest BCUT2D eigenvalue weighted by molar-refractivity contribution is -0.137. The van der Waals surface area contributed by atoms with Crippen LogP contribution in [0.3, 0.4) is 0 Å². The van der Waals surface area contributed by atoms with E-state index in [0.717, 1.165) is 0 Å². The average Bonchev–Trinajstić information content (AvgIpc) is 2.80. The number of hydrogen-bond donors (Lipinski definition) is 2. The molecule has 134 valence electrons. The van der Waals surface area contributed by atoms with E-state index in [1.54, 1.807) is 36.2 Å². The number of anilines is 1. The highest BCUT2D eigenvalue weighted by atomic mass is 16.3. The number of nitrogens with zero attached hydrogens (tertiary/aromatic N) is 2. The minimum Gasteiger partial charge on any atom is -0.395 e. The van der Waals surface area contributed by atoms with Gasteiger partial charge in [-0.25, -0.2) is 0 Å². The number of hydrogen-bond acceptors (Lipinski definition) is 5. The van der Waals surface area contributed by atoms with Crippen molar-refractivity contribution in [2.24, 2.45) is 0 Å². The molecule has 0 fully saturated rings. The van der Waals surface area contributed by atoms with Crippen molar-refractivity contribution in [3.8, 4) is 0 Å². The van der Waals surface area contributed by atoms with Crippen LogP contribution in [0.25, 0.3) is 5.57 Å². The van der Waals surface area contributed by atoms with Crippen molar-refractivity contribution in [3.05, 3.63) is 35.5 Å². The van der Waals surface area contributed by atoms with Crippen LogP contribution in [0.5, 0.6) is 0 Å². The van der Waals surface area contributed by atoms with E-state index in [-0.39, 0.29) is 30.9 Å². The van der Waals surface area contributed by atoms with Gasteiger partial charge < -0.3 is 15.3 Å². The van der Waals surface area contributed by atoms with Crippen molar-refractivity contribution < 1.29 is 19.5 Å². The molecule has 0 spiro atoms. The molecule has 0 aromatic heterocycles. The Morgan fingerprint density at radius 1 is 1.20 bits per heavy atom. The van der Waals surface area contributed by atoms with Crippen LogP contribution in [-0.2, 0) is 14.4 Å². The first-order valence-corrected chi connectivity index (χ1v) is 8.21. The normalized spacial score (nSPS) is 14.3. The summed E-state index contributed by atoms with van der Waals surface area (Å²) in [7, 11) is 1.68. The number of nitrogens with one attached hydrogen (secondary N) is 1. The van der Waals surface area contributed by atoms with E-state index in [1.165, 1.54) is 11.8 Å². The monoisotopic (exact) mass is 345 g/mol. The number of carbonyl (C=O) groups excluding carboxylic acids is 3. The van der Waals surface area contributed by atoms with Gasteiger partial charge in [-0.15, -0.1) is 0 Å². The minimum absolute atomic E-state index is 0.121. The maximum absolute atomic E-state index is 12.8. The second kappa shape index (κ2) is 7.94. The Morgan fingerprint density at radius 2 is 1.84 bits per heavy atom. The van der Waals surface area contributed by atoms with Crippen LogP contribution in [0.4, 0.5) is 5.69 Å². The number of imide groups is 1. The Hall–Kier alpha value is -2.67. The zero-order chi connectivity index (χ0) is 18.6. The fourth-order valence-electron chi connectivity index (χ4n) is 2.79. The molecule has 0 radical (unpaired) electrons. The van der Waals surface area contributed by atoms with Gasteiger partial charge in [-0.1, -0.05) is 19.1 Å². The summed E-state index contributed by atoms with van der Waals surface area (Å²) in [6.45, 7) is 3.80. The lowest BCUT2D eigenvalue weighted by Crippen LogP contribution is -2.35. The maximum atomic E-state index is 12.8. The third-order valence-corrected chi connectivity index (χ3v) is 3.90. The molecule has 0 bridgehead atoms. The topological polar surface area (TPSA) is 90.0 Å². The molecule has 1 aliphatic heterocycles. The number of aliphatic hydroxyl groups is 1. The number of amides is 3. The van der Waals surface area contributed by atoms with E-state index in [4.69, 9.17) is 0 Å². The van der Waals surface area contributed by atoms with Gasteiger partial charge in [0.1, 0.15) is 5.70 Å². The molecule has 1 heterocycles. The molecular formula is C18H23N3O4. The van der Waals surface area contributed by atoms with Gasteiger partial charge in [0.15, 0.2) is 0 Å². The highest BCUT2D eigenvalue weighted by Crippen LogP contribution is 2.31. The van der Waals surface area contributed by atoms with E-state index in [9.17, 15) is 19.5 Å². The molecular weight excluding hydrogens is 322 g/mol. The molecule has 1 aromatic carbocycles. The van der Waals surface area contributed by atoms with Crippen LogP contribution in [0.2, 0.25) is 0 Å². The maximum Gasteiger partial charge on any atom is 0.277 e. The molecule has 0 atom stereocenters. The van der Waals surface area contributed by atoms with Crippen molar-refractivity contribution in [3.63, 3.8) is 0 Å². The summed E-state index contributed by atoms with van der Waals surface area (Å²) in [5.41, 5.74) is 1.83. The summed E-state index contributed by atoms with van der Waals surface area (Å²) in [5.74, 6) is -0.862. The van der Waals surface area contributed by atoms with Crippen LogP contribution >= 0.6 is 0 Å². The van der Waals surface area contributed by atoms with E-state index >= 15 is 0 Å². The van der Waals surface area contributed by atoms with Gasteiger partial charge in [0.05, 0.1) is 12.2 Å². The lowest BCUT2D eigenvalue weighted by Gasteiger charge is -2.20. The Kier molecular flexibility index (Phi) is 5.93. The molecule has 2 N–H and O–H groups in total. The zero-order valence-corrected chi connectivity index (χ0v) is 14.7. The molecule has 25 heavy (non-hydrogen) atoms. The molecule has 2 rings (SSSR count). The fraction of sp³-hybridized carbons (Fsp3) is 0.389. The first-order valence-electron chi connectivity index (χ1n) is 8.21. The Morgan fingerprint density at radius 3 is 2.36 bits per heavy atom. The Bertz CT molecular complexity index is 710. The van der Waals surface area contributed by atoms with Gasteiger partial charge in [0, 0.05) is 32.7 Å². The van der Waals surface area contributed by atoms with Crippen molar-refractivity contribution in [2.75, 3.05) is 32.1 Å². The van der Waals surface area contributed by atoms with Crippen molar-refractivity contribution in [1.29, 1.82) is 0 Å². The summed E-state index contributed by atoms with van der Waals surface area (Å²) >= 11 is 0. The molecule has 7 nitrogen and oxygen atoms in total. The van der Waals surface area contributed by atoms with Crippen LogP contribution in [0.15, 0.2) is 30.0 Å². The molecule has 0 saturated carbocycles. The largest absolute Gasteiger partial charge is 0.395 e. The number of aliphatic hydroxyl groups excluding tert-OH is 1. The lowest BCUT2D eigenvalue weighted by atomic mass is 10.0. The highest BCUT2D eigenvalue weighted by Gasteiger charge is 2.40. The van der Waals surface area contributed by atoms with E-state index in [1.807, 2.05) is 6.92 Å². The molecule has 1 aromatic rings. The van der Waals surface area contributed by atoms with Crippen LogP contribution in [0.1, 0.15) is 25.8 Å². The van der Waals surface area contributed by atoms with E-state index in [2.05, 4.69) is 5.32 Å². The Labute approximate surface area is 146 Å². The number of benzene rings is 1. The molecule has 1 aliphatic rings. The number of carbonyl (C=O) groups is 3. The van der Waals surface area contributed by atoms with Crippen molar-refractivity contribution in [2.45, 2.75) is 20.3 Å². The van der Waals surface area contributed by atoms with Crippen LogP contribution in [-0.4, -0.2) is 59.4 Å². The summed E-state index contributed by atoms with van der Waals surface area (Å²) < 4.78 is 0. The Balaban J connectivity index is 2.45. The predicted octanol–water partition coefficient (Wildman–Crippen LogP) is 1.06. The van der Waals surface area contributed by atoms with Gasteiger partial charge in [0.2, 0.25) is 5.91 Å². The van der Waals surface area contributed by atoms with Gasteiger partial charge >= 0.3 is 0 Å². The molecule has 0 aliphatic carbocycles. The smallest absolute Gasteiger partial charge is 0.277 e. The second-order valence-corrected chi connectivity index (χ2v) is 5.89. The number of likely N-dealkylation sites (N-methyl/N-ethyl adjacent to an activating group) is 1. The summed E-state index contributed by atoms with van der Waals surface area (Å²) in [6.07, 6.45) is 0.670. The summed E-state index contributed by atoms with van der Waals surface area (Å²) in [5, 5.41) is 11.8. The summed E-state index contributed by atoms with van der Waals surface area (Å²) in [4.78, 5) is 39.4. The summed E-state index contributed by atoms with van der Waals surface area (Å²) in [6, 6.07) is 6.78. The average molecular weight is 345 g/mol. The van der Waals surface area contributed by atoms with Crippen LogP contribution in [0, 0.1) is 0 Å². The van der Waals surface area contributed by atoms with Gasteiger partial charge in [-0.05, 0) is 24.1 Å². The van der Waals surface area contributed by atoms with Gasteiger partial charge in [0.25, 0.3) is 11.8 Å². The molecule has 0 unspecified atom stereocenters. The third-order valence-electron chi connectivity index (χ3n) is 3.90. The van der Waals surface area contributed by atoms with Crippen molar-refractivity contribution in [1.82, 2.24) is 9.80 Å². The number of rotatable bonds is 7. The zero-order valence-electron chi connectivity index (χ0n) is 14.7.